The highest BCUT2D eigenvalue weighted by Gasteiger charge is 2.23. The second-order valence-corrected chi connectivity index (χ2v) is 6.65. The minimum atomic E-state index is -0.653. The zero-order chi connectivity index (χ0) is 18.7. The summed E-state index contributed by atoms with van der Waals surface area (Å²) in [5.41, 5.74) is 7.43. The molecule has 0 unspecified atom stereocenters. The quantitative estimate of drug-likeness (QED) is 0.761. The van der Waals surface area contributed by atoms with Crippen molar-refractivity contribution >= 4 is 40.5 Å². The Balaban J connectivity index is 2.71. The lowest BCUT2D eigenvalue weighted by Crippen LogP contribution is -2.14. The molecular formula is C17H18Cl2N4O2. The topological polar surface area (TPSA) is 93.1 Å². The van der Waals surface area contributed by atoms with Crippen molar-refractivity contribution < 1.29 is 9.53 Å². The van der Waals surface area contributed by atoms with Gasteiger partial charge in [-0.3, -0.25) is 0 Å². The van der Waals surface area contributed by atoms with Gasteiger partial charge in [-0.25, -0.2) is 4.79 Å². The molecule has 25 heavy (non-hydrogen) atoms. The summed E-state index contributed by atoms with van der Waals surface area (Å²) in [6.07, 6.45) is 1.47. The first-order chi connectivity index (χ1) is 11.8. The number of nitrogen functional groups attached to an aromatic ring is 1. The second kappa shape index (κ2) is 7.68. The van der Waals surface area contributed by atoms with Crippen LogP contribution >= 0.6 is 23.2 Å². The molecule has 0 radical (unpaired) electrons. The van der Waals surface area contributed by atoms with E-state index in [0.717, 1.165) is 0 Å². The number of carbonyl (C=O) groups is 1. The number of halogens is 2. The van der Waals surface area contributed by atoms with Crippen LogP contribution in [0.5, 0.6) is 0 Å². The number of hydrogen-bond donors (Lipinski definition) is 2. The number of carbonyl (C=O) groups excluding carboxylic acids is 1. The number of ether oxygens (including phenoxy) is 1. The van der Waals surface area contributed by atoms with E-state index in [1.807, 2.05) is 6.07 Å². The number of anilines is 2. The Morgan fingerprint density at radius 1 is 1.40 bits per heavy atom. The second-order valence-electron chi connectivity index (χ2n) is 5.84. The third kappa shape index (κ3) is 3.84. The molecule has 0 fully saturated rings. The molecule has 6 nitrogen and oxygen atoms in total. The maximum atomic E-state index is 12.2. The molecule has 8 heteroatoms. The number of benzene rings is 1. The van der Waals surface area contributed by atoms with Gasteiger partial charge in [-0.15, -0.1) is 0 Å². The first kappa shape index (κ1) is 19.0. The van der Waals surface area contributed by atoms with Gasteiger partial charge in [-0.1, -0.05) is 37.0 Å². The summed E-state index contributed by atoms with van der Waals surface area (Å²) >= 11 is 12.3. The first-order valence-corrected chi connectivity index (χ1v) is 8.28. The van der Waals surface area contributed by atoms with E-state index in [-0.39, 0.29) is 16.9 Å². The minimum absolute atomic E-state index is 0.0511. The molecule has 1 heterocycles. The molecule has 0 atom stereocenters. The number of nitrogens with one attached hydrogen (secondary N) is 1. The van der Waals surface area contributed by atoms with Crippen molar-refractivity contribution in [2.75, 3.05) is 24.7 Å². The van der Waals surface area contributed by atoms with Gasteiger partial charge in [0.25, 0.3) is 0 Å². The summed E-state index contributed by atoms with van der Waals surface area (Å²) in [4.78, 5) is 12.2. The van der Waals surface area contributed by atoms with Gasteiger partial charge in [0.05, 0.1) is 39.8 Å². The molecule has 0 amide bonds. The Morgan fingerprint density at radius 3 is 2.60 bits per heavy atom. The standard InChI is InChI=1S/C17H18Cl2N4O2/c1-9(2)7-22-13-4-11(18)12(19)5-14(13)23-8-10(6-20)15(21)16(23)17(24)25-3/h4-5,8-9,22H,7,21H2,1-3H3. The number of methoxy groups -OCH3 is 1. The lowest BCUT2D eigenvalue weighted by atomic mass is 10.2. The van der Waals surface area contributed by atoms with E-state index in [1.165, 1.54) is 17.9 Å². The Labute approximate surface area is 156 Å². The van der Waals surface area contributed by atoms with E-state index in [9.17, 15) is 10.1 Å². The van der Waals surface area contributed by atoms with Gasteiger partial charge in [0.15, 0.2) is 5.69 Å². The summed E-state index contributed by atoms with van der Waals surface area (Å²) in [6, 6.07) is 5.25. The molecule has 0 saturated carbocycles. The van der Waals surface area contributed by atoms with Crippen molar-refractivity contribution in [2.24, 2.45) is 5.92 Å². The van der Waals surface area contributed by atoms with Gasteiger partial charge in [0.2, 0.25) is 0 Å². The molecule has 132 valence electrons. The fourth-order valence-electron chi connectivity index (χ4n) is 2.30. The lowest BCUT2D eigenvalue weighted by Gasteiger charge is -2.17. The Morgan fingerprint density at radius 2 is 2.04 bits per heavy atom. The summed E-state index contributed by atoms with van der Waals surface area (Å²) < 4.78 is 6.29. The van der Waals surface area contributed by atoms with Crippen LogP contribution in [0.15, 0.2) is 18.3 Å². The molecule has 0 aliphatic rings. The van der Waals surface area contributed by atoms with E-state index in [1.54, 1.807) is 12.1 Å². The number of esters is 1. The molecule has 0 saturated heterocycles. The molecule has 0 bridgehead atoms. The highest BCUT2D eigenvalue weighted by Crippen LogP contribution is 2.34. The fraction of sp³-hybridized carbons (Fsp3) is 0.294. The highest BCUT2D eigenvalue weighted by atomic mass is 35.5. The summed E-state index contributed by atoms with van der Waals surface area (Å²) in [5.74, 6) is -0.272. The van der Waals surface area contributed by atoms with E-state index in [4.69, 9.17) is 33.7 Å². The summed E-state index contributed by atoms with van der Waals surface area (Å²) in [5, 5.41) is 13.2. The maximum Gasteiger partial charge on any atom is 0.357 e. The predicted molar refractivity (Wildman–Crippen MR) is 99.6 cm³/mol. The first-order valence-electron chi connectivity index (χ1n) is 7.52. The van der Waals surface area contributed by atoms with Crippen molar-refractivity contribution in [3.63, 3.8) is 0 Å². The number of aromatic nitrogens is 1. The number of nitrogens with two attached hydrogens (primary N) is 1. The summed E-state index contributed by atoms with van der Waals surface area (Å²) in [7, 11) is 1.25. The molecule has 0 aliphatic heterocycles. The number of rotatable bonds is 5. The zero-order valence-corrected chi connectivity index (χ0v) is 15.6. The van der Waals surface area contributed by atoms with Crippen molar-refractivity contribution in [3.8, 4) is 11.8 Å². The molecule has 3 N–H and O–H groups in total. The third-order valence-corrected chi connectivity index (χ3v) is 4.26. The maximum absolute atomic E-state index is 12.2. The van der Waals surface area contributed by atoms with Crippen LogP contribution < -0.4 is 11.1 Å². The molecule has 1 aromatic carbocycles. The van der Waals surface area contributed by atoms with Crippen LogP contribution in [0.2, 0.25) is 10.0 Å². The van der Waals surface area contributed by atoms with Crippen LogP contribution in [-0.2, 0) is 4.74 Å². The third-order valence-electron chi connectivity index (χ3n) is 3.54. The van der Waals surface area contributed by atoms with Crippen molar-refractivity contribution in [3.05, 3.63) is 39.6 Å². The molecule has 2 aromatic rings. The van der Waals surface area contributed by atoms with E-state index >= 15 is 0 Å². The largest absolute Gasteiger partial charge is 0.464 e. The smallest absolute Gasteiger partial charge is 0.357 e. The molecule has 2 rings (SSSR count). The normalized spacial score (nSPS) is 10.6. The fourth-order valence-corrected chi connectivity index (χ4v) is 2.62. The monoisotopic (exact) mass is 380 g/mol. The molecule has 1 aromatic heterocycles. The van der Waals surface area contributed by atoms with Crippen LogP contribution in [-0.4, -0.2) is 24.2 Å². The number of nitrogens with zero attached hydrogens (tertiary/aromatic N) is 2. The van der Waals surface area contributed by atoms with Crippen LogP contribution in [0.4, 0.5) is 11.4 Å². The van der Waals surface area contributed by atoms with Crippen LogP contribution in [0.3, 0.4) is 0 Å². The Bertz CT molecular complexity index is 853. The average molecular weight is 381 g/mol. The van der Waals surface area contributed by atoms with E-state index in [2.05, 4.69) is 19.2 Å². The van der Waals surface area contributed by atoms with Crippen molar-refractivity contribution in [2.45, 2.75) is 13.8 Å². The summed E-state index contributed by atoms with van der Waals surface area (Å²) in [6.45, 7) is 4.80. The van der Waals surface area contributed by atoms with Crippen LogP contribution in [0.1, 0.15) is 29.9 Å². The van der Waals surface area contributed by atoms with Gasteiger partial charge >= 0.3 is 5.97 Å². The van der Waals surface area contributed by atoms with Gasteiger partial charge in [0, 0.05) is 12.7 Å². The van der Waals surface area contributed by atoms with Gasteiger partial charge in [-0.05, 0) is 18.1 Å². The van der Waals surface area contributed by atoms with Crippen molar-refractivity contribution in [1.82, 2.24) is 4.57 Å². The average Bonchev–Trinajstić information content (AvgIpc) is 2.91. The predicted octanol–water partition coefficient (Wildman–Crippen LogP) is 4.09. The molecular weight excluding hydrogens is 363 g/mol. The zero-order valence-electron chi connectivity index (χ0n) is 14.1. The van der Waals surface area contributed by atoms with Gasteiger partial charge in [0.1, 0.15) is 6.07 Å². The van der Waals surface area contributed by atoms with Crippen molar-refractivity contribution in [1.29, 1.82) is 5.26 Å². The minimum Gasteiger partial charge on any atom is -0.464 e. The van der Waals surface area contributed by atoms with Crippen LogP contribution in [0.25, 0.3) is 5.69 Å². The van der Waals surface area contributed by atoms with E-state index < -0.39 is 5.97 Å². The Hall–Kier alpha value is -2.36. The highest BCUT2D eigenvalue weighted by molar-refractivity contribution is 6.42. The lowest BCUT2D eigenvalue weighted by molar-refractivity contribution is 0.0593. The SMILES string of the molecule is COC(=O)c1c(N)c(C#N)cn1-c1cc(Cl)c(Cl)cc1NCC(C)C. The molecule has 0 aliphatic carbocycles. The number of hydrogen-bond acceptors (Lipinski definition) is 5. The number of nitriles is 1. The van der Waals surface area contributed by atoms with Gasteiger partial charge in [-0.2, -0.15) is 5.26 Å². The van der Waals surface area contributed by atoms with Crippen LogP contribution in [0, 0.1) is 17.2 Å². The van der Waals surface area contributed by atoms with Gasteiger partial charge < -0.3 is 20.4 Å². The Kier molecular flexibility index (Phi) is 5.83. The molecule has 0 spiro atoms. The van der Waals surface area contributed by atoms with E-state index in [0.29, 0.717) is 33.9 Å².